The monoisotopic (exact) mass is 221 g/mol. The minimum atomic E-state index is 0.496. The average molecular weight is 221 g/mol. The van der Waals surface area contributed by atoms with Crippen molar-refractivity contribution >= 4 is 13.3 Å². The second-order valence-corrected chi connectivity index (χ2v) is 4.37. The molecule has 0 saturated heterocycles. The number of pyridine rings is 1. The zero-order valence-electron chi connectivity index (χ0n) is 10.4. The molecule has 1 aromatic heterocycles. The summed E-state index contributed by atoms with van der Waals surface area (Å²) in [5.41, 5.74) is 4.31. The Labute approximate surface area is 104 Å². The van der Waals surface area contributed by atoms with Crippen LogP contribution in [-0.2, 0) is 0 Å². The SMILES string of the molecule is [B]c1ccc(-c2ccccn2)c([C@H](C)CC)c1. The van der Waals surface area contributed by atoms with Gasteiger partial charge < -0.3 is 0 Å². The van der Waals surface area contributed by atoms with Gasteiger partial charge in [-0.1, -0.05) is 43.6 Å². The van der Waals surface area contributed by atoms with Crippen LogP contribution >= 0.6 is 0 Å². The molecule has 84 valence electrons. The second kappa shape index (κ2) is 5.18. The van der Waals surface area contributed by atoms with Gasteiger partial charge in [0, 0.05) is 11.8 Å². The summed E-state index contributed by atoms with van der Waals surface area (Å²) in [6.45, 7) is 4.41. The van der Waals surface area contributed by atoms with Crippen molar-refractivity contribution in [1.29, 1.82) is 0 Å². The fraction of sp³-hybridized carbons (Fsp3) is 0.267. The molecule has 2 aromatic rings. The van der Waals surface area contributed by atoms with E-state index in [1.807, 2.05) is 30.5 Å². The highest BCUT2D eigenvalue weighted by atomic mass is 14.7. The number of hydrogen-bond acceptors (Lipinski definition) is 1. The molecule has 0 aliphatic rings. The Morgan fingerprint density at radius 2 is 2.06 bits per heavy atom. The zero-order valence-corrected chi connectivity index (χ0v) is 10.4. The molecule has 1 nitrogen and oxygen atoms in total. The van der Waals surface area contributed by atoms with Gasteiger partial charge in [-0.3, -0.25) is 4.98 Å². The van der Waals surface area contributed by atoms with E-state index in [9.17, 15) is 0 Å². The molecule has 1 heterocycles. The van der Waals surface area contributed by atoms with Crippen LogP contribution in [0.15, 0.2) is 42.6 Å². The molecule has 0 bridgehead atoms. The fourth-order valence-corrected chi connectivity index (χ4v) is 1.96. The van der Waals surface area contributed by atoms with E-state index in [2.05, 4.69) is 31.0 Å². The van der Waals surface area contributed by atoms with Crippen LogP contribution in [0, 0.1) is 0 Å². The first-order chi connectivity index (χ1) is 8.22. The van der Waals surface area contributed by atoms with Gasteiger partial charge in [-0.05, 0) is 30.0 Å². The average Bonchev–Trinajstić information content (AvgIpc) is 2.38. The second-order valence-electron chi connectivity index (χ2n) is 4.37. The van der Waals surface area contributed by atoms with E-state index in [1.54, 1.807) is 0 Å². The van der Waals surface area contributed by atoms with Gasteiger partial charge in [-0.25, -0.2) is 0 Å². The van der Waals surface area contributed by atoms with Gasteiger partial charge in [0.2, 0.25) is 0 Å². The summed E-state index contributed by atoms with van der Waals surface area (Å²) in [5, 5.41) is 0. The predicted octanol–water partition coefficient (Wildman–Crippen LogP) is 3.06. The van der Waals surface area contributed by atoms with Crippen molar-refractivity contribution in [3.05, 3.63) is 48.2 Å². The summed E-state index contributed by atoms with van der Waals surface area (Å²) in [6.07, 6.45) is 2.93. The van der Waals surface area contributed by atoms with E-state index in [0.29, 0.717) is 5.92 Å². The van der Waals surface area contributed by atoms with E-state index in [4.69, 9.17) is 7.85 Å². The molecule has 0 amide bonds. The quantitative estimate of drug-likeness (QED) is 0.726. The van der Waals surface area contributed by atoms with Crippen LogP contribution < -0.4 is 5.46 Å². The smallest absolute Gasteiger partial charge is 0.113 e. The van der Waals surface area contributed by atoms with Gasteiger partial charge in [-0.15, -0.1) is 0 Å². The summed E-state index contributed by atoms with van der Waals surface area (Å²) in [7, 11) is 5.88. The van der Waals surface area contributed by atoms with Crippen LogP contribution in [0.1, 0.15) is 31.7 Å². The Kier molecular flexibility index (Phi) is 3.63. The van der Waals surface area contributed by atoms with Gasteiger partial charge in [0.05, 0.1) is 5.69 Å². The minimum Gasteiger partial charge on any atom is -0.256 e. The molecule has 2 radical (unpaired) electrons. The summed E-state index contributed by atoms with van der Waals surface area (Å²) in [5.74, 6) is 0.496. The lowest BCUT2D eigenvalue weighted by atomic mass is 9.85. The van der Waals surface area contributed by atoms with E-state index in [1.165, 1.54) is 11.1 Å². The third kappa shape index (κ3) is 2.58. The van der Waals surface area contributed by atoms with Crippen LogP contribution in [-0.4, -0.2) is 12.8 Å². The summed E-state index contributed by atoms with van der Waals surface area (Å²) in [6, 6.07) is 12.1. The maximum atomic E-state index is 5.88. The summed E-state index contributed by atoms with van der Waals surface area (Å²) >= 11 is 0. The molecule has 0 spiro atoms. The Hall–Kier alpha value is -1.57. The molecule has 17 heavy (non-hydrogen) atoms. The third-order valence-electron chi connectivity index (χ3n) is 3.16. The standard InChI is InChI=1S/C15H16BN/c1-3-11(2)14-10-12(16)7-8-13(14)15-6-4-5-9-17-15/h4-11H,3H2,1-2H3/t11-/m1/s1. The van der Waals surface area contributed by atoms with Gasteiger partial charge in [0.1, 0.15) is 7.85 Å². The highest BCUT2D eigenvalue weighted by Gasteiger charge is 2.11. The van der Waals surface area contributed by atoms with Crippen molar-refractivity contribution in [2.45, 2.75) is 26.2 Å². The molecular weight excluding hydrogens is 205 g/mol. The third-order valence-corrected chi connectivity index (χ3v) is 3.16. The number of hydrogen-bond donors (Lipinski definition) is 0. The van der Waals surface area contributed by atoms with Crippen molar-refractivity contribution in [2.75, 3.05) is 0 Å². The number of rotatable bonds is 3. The minimum absolute atomic E-state index is 0.496. The first kappa shape index (κ1) is 11.9. The lowest BCUT2D eigenvalue weighted by Gasteiger charge is -2.15. The van der Waals surface area contributed by atoms with E-state index in [0.717, 1.165) is 17.6 Å². The van der Waals surface area contributed by atoms with Crippen LogP contribution in [0.5, 0.6) is 0 Å². The highest BCUT2D eigenvalue weighted by molar-refractivity contribution is 6.32. The molecule has 0 saturated carbocycles. The van der Waals surface area contributed by atoms with Gasteiger partial charge >= 0.3 is 0 Å². The summed E-state index contributed by atoms with van der Waals surface area (Å²) < 4.78 is 0. The molecule has 0 aliphatic carbocycles. The first-order valence-corrected chi connectivity index (χ1v) is 6.03. The molecule has 2 rings (SSSR count). The van der Waals surface area contributed by atoms with Crippen LogP contribution in [0.4, 0.5) is 0 Å². The predicted molar refractivity (Wildman–Crippen MR) is 73.8 cm³/mol. The van der Waals surface area contributed by atoms with Crippen LogP contribution in [0.25, 0.3) is 11.3 Å². The van der Waals surface area contributed by atoms with E-state index >= 15 is 0 Å². The Bertz CT molecular complexity index is 494. The molecule has 1 atom stereocenters. The van der Waals surface area contributed by atoms with Crippen LogP contribution in [0.3, 0.4) is 0 Å². The molecular formula is C15H16BN. The van der Waals surface area contributed by atoms with Gasteiger partial charge in [0.15, 0.2) is 0 Å². The van der Waals surface area contributed by atoms with Gasteiger partial charge in [0.25, 0.3) is 0 Å². The van der Waals surface area contributed by atoms with Gasteiger partial charge in [-0.2, -0.15) is 0 Å². The zero-order chi connectivity index (χ0) is 12.3. The number of benzene rings is 1. The van der Waals surface area contributed by atoms with Crippen molar-refractivity contribution < 1.29 is 0 Å². The molecule has 1 aromatic carbocycles. The van der Waals surface area contributed by atoms with Crippen molar-refractivity contribution in [3.8, 4) is 11.3 Å². The Morgan fingerprint density at radius 1 is 1.24 bits per heavy atom. The topological polar surface area (TPSA) is 12.9 Å². The molecule has 0 fully saturated rings. The molecule has 0 aliphatic heterocycles. The number of aromatic nitrogens is 1. The van der Waals surface area contributed by atoms with E-state index < -0.39 is 0 Å². The van der Waals surface area contributed by atoms with Crippen molar-refractivity contribution in [2.24, 2.45) is 0 Å². The first-order valence-electron chi connectivity index (χ1n) is 6.03. The number of nitrogens with zero attached hydrogens (tertiary/aromatic N) is 1. The fourth-order valence-electron chi connectivity index (χ4n) is 1.96. The maximum Gasteiger partial charge on any atom is 0.113 e. The maximum absolute atomic E-state index is 5.88. The molecule has 0 unspecified atom stereocenters. The van der Waals surface area contributed by atoms with Crippen molar-refractivity contribution in [3.63, 3.8) is 0 Å². The molecule has 0 N–H and O–H groups in total. The largest absolute Gasteiger partial charge is 0.256 e. The highest BCUT2D eigenvalue weighted by Crippen LogP contribution is 2.28. The van der Waals surface area contributed by atoms with E-state index in [-0.39, 0.29) is 0 Å². The van der Waals surface area contributed by atoms with Crippen molar-refractivity contribution in [1.82, 2.24) is 4.98 Å². The summed E-state index contributed by atoms with van der Waals surface area (Å²) in [4.78, 5) is 4.42. The molecule has 2 heteroatoms. The lowest BCUT2D eigenvalue weighted by molar-refractivity contribution is 0.735. The Balaban J connectivity index is 2.54. The lowest BCUT2D eigenvalue weighted by Crippen LogP contribution is -2.06. The van der Waals surface area contributed by atoms with Crippen LogP contribution in [0.2, 0.25) is 0 Å². The normalized spacial score (nSPS) is 12.4. The Morgan fingerprint density at radius 3 is 2.71 bits per heavy atom.